The van der Waals surface area contributed by atoms with Crippen LogP contribution < -0.4 is 14.8 Å². The zero-order chi connectivity index (χ0) is 24.2. The Labute approximate surface area is 206 Å². The van der Waals surface area contributed by atoms with Crippen molar-refractivity contribution in [3.8, 4) is 16.5 Å². The summed E-state index contributed by atoms with van der Waals surface area (Å²) in [5.74, 6) is 1.69. The molecule has 0 aliphatic carbocycles. The van der Waals surface area contributed by atoms with E-state index < -0.39 is 0 Å². The highest BCUT2D eigenvalue weighted by Crippen LogP contribution is 2.23. The molecule has 182 valence electrons. The molecule has 1 amide bonds. The predicted octanol–water partition coefficient (Wildman–Crippen LogP) is 4.43. The van der Waals surface area contributed by atoms with Crippen molar-refractivity contribution in [2.75, 3.05) is 40.9 Å². The molecule has 0 fully saturated rings. The topological polar surface area (TPSA) is 68.6 Å². The number of benzene rings is 1. The Balaban J connectivity index is 1.27. The first-order valence-corrected chi connectivity index (χ1v) is 12.3. The monoisotopic (exact) mass is 482 g/mol. The van der Waals surface area contributed by atoms with Crippen LogP contribution >= 0.6 is 11.3 Å². The van der Waals surface area contributed by atoms with Gasteiger partial charge in [0, 0.05) is 42.8 Å². The lowest BCUT2D eigenvalue weighted by molar-refractivity contribution is -0.120. The van der Waals surface area contributed by atoms with E-state index in [-0.39, 0.29) is 5.91 Å². The summed E-state index contributed by atoms with van der Waals surface area (Å²) in [6.07, 6.45) is 12.7. The first-order valence-electron chi connectivity index (χ1n) is 11.5. The summed E-state index contributed by atoms with van der Waals surface area (Å²) < 4.78 is 12.7. The highest BCUT2D eigenvalue weighted by molar-refractivity contribution is 7.15. The maximum atomic E-state index is 12.1. The Morgan fingerprint density at radius 3 is 2.65 bits per heavy atom. The lowest BCUT2D eigenvalue weighted by Crippen LogP contribution is -2.26. The number of methoxy groups -OCH3 is 2. The third kappa shape index (κ3) is 8.35. The molecule has 34 heavy (non-hydrogen) atoms. The van der Waals surface area contributed by atoms with Crippen molar-refractivity contribution in [3.05, 3.63) is 65.6 Å². The summed E-state index contributed by atoms with van der Waals surface area (Å²) in [5.41, 5.74) is 1.20. The van der Waals surface area contributed by atoms with Gasteiger partial charge < -0.3 is 19.7 Å². The maximum Gasteiger partial charge on any atom is 0.223 e. The first-order chi connectivity index (χ1) is 16.6. The van der Waals surface area contributed by atoms with Crippen molar-refractivity contribution in [2.24, 2.45) is 0 Å². The van der Waals surface area contributed by atoms with E-state index in [0.717, 1.165) is 53.7 Å². The van der Waals surface area contributed by atoms with Crippen molar-refractivity contribution in [1.29, 1.82) is 0 Å². The second-order valence-corrected chi connectivity index (χ2v) is 9.18. The number of thiophene rings is 1. The van der Waals surface area contributed by atoms with Crippen molar-refractivity contribution in [3.63, 3.8) is 0 Å². The summed E-state index contributed by atoms with van der Waals surface area (Å²) in [6.45, 7) is 2.66. The average Bonchev–Trinajstić information content (AvgIpc) is 3.54. The fourth-order valence-electron chi connectivity index (χ4n) is 3.49. The molecular formula is C26H34N4O3S. The number of aromatic nitrogens is 2. The Morgan fingerprint density at radius 1 is 1.15 bits per heavy atom. The van der Waals surface area contributed by atoms with E-state index in [1.54, 1.807) is 38.1 Å². The van der Waals surface area contributed by atoms with Crippen molar-refractivity contribution < 1.29 is 14.3 Å². The Morgan fingerprint density at radius 2 is 1.94 bits per heavy atom. The van der Waals surface area contributed by atoms with Gasteiger partial charge in [-0.05, 0) is 68.8 Å². The third-order valence-electron chi connectivity index (χ3n) is 5.44. The first kappa shape index (κ1) is 25.5. The Bertz CT molecular complexity index is 1020. The number of likely N-dealkylation sites (N-methyl/N-ethyl adjacent to an activating group) is 1. The van der Waals surface area contributed by atoms with E-state index in [1.165, 1.54) is 5.56 Å². The smallest absolute Gasteiger partial charge is 0.223 e. The molecule has 0 bridgehead atoms. The summed E-state index contributed by atoms with van der Waals surface area (Å²) in [4.78, 5) is 19.6. The number of ether oxygens (including phenoxy) is 2. The van der Waals surface area contributed by atoms with Crippen molar-refractivity contribution in [2.45, 2.75) is 25.7 Å². The van der Waals surface area contributed by atoms with Crippen LogP contribution in [-0.2, 0) is 11.2 Å². The summed E-state index contributed by atoms with van der Waals surface area (Å²) in [6, 6.07) is 10.1. The minimum atomic E-state index is 0.0583. The average molecular weight is 483 g/mol. The number of hydrogen-bond donors (Lipinski definition) is 1. The van der Waals surface area contributed by atoms with Gasteiger partial charge in [0.1, 0.15) is 16.5 Å². The van der Waals surface area contributed by atoms with Gasteiger partial charge in [-0.25, -0.2) is 4.98 Å². The van der Waals surface area contributed by atoms with Gasteiger partial charge in [-0.15, -0.1) is 11.3 Å². The highest BCUT2D eigenvalue weighted by atomic mass is 32.1. The molecule has 0 aliphatic heterocycles. The minimum absolute atomic E-state index is 0.0583. The van der Waals surface area contributed by atoms with Gasteiger partial charge >= 0.3 is 0 Å². The lowest BCUT2D eigenvalue weighted by atomic mass is 10.1. The number of rotatable bonds is 14. The van der Waals surface area contributed by atoms with E-state index in [1.807, 2.05) is 29.0 Å². The summed E-state index contributed by atoms with van der Waals surface area (Å²) in [5, 5.41) is 4.11. The van der Waals surface area contributed by atoms with Gasteiger partial charge in [0.25, 0.3) is 0 Å². The molecule has 0 spiro atoms. The van der Waals surface area contributed by atoms with Crippen molar-refractivity contribution in [1.82, 2.24) is 19.8 Å². The van der Waals surface area contributed by atoms with Gasteiger partial charge in [-0.2, -0.15) is 0 Å². The predicted molar refractivity (Wildman–Crippen MR) is 138 cm³/mol. The quantitative estimate of drug-likeness (QED) is 0.345. The highest BCUT2D eigenvalue weighted by Gasteiger charge is 2.05. The number of nitrogens with zero attached hydrogens (tertiary/aromatic N) is 3. The fourth-order valence-corrected chi connectivity index (χ4v) is 4.38. The van der Waals surface area contributed by atoms with Crippen LogP contribution in [0, 0.1) is 0 Å². The summed E-state index contributed by atoms with van der Waals surface area (Å²) in [7, 11) is 5.47. The summed E-state index contributed by atoms with van der Waals surface area (Å²) >= 11 is 1.66. The van der Waals surface area contributed by atoms with E-state index in [0.29, 0.717) is 13.0 Å². The van der Waals surface area contributed by atoms with Crippen LogP contribution in [0.4, 0.5) is 0 Å². The molecule has 2 heterocycles. The SMILES string of the molecule is COc1cc(CCN(C)CCCCNC(=O)C/C=C/c2ccc(-n3ccnc3)s2)cc(OC)c1. The van der Waals surface area contributed by atoms with Crippen LogP contribution in [0.15, 0.2) is 55.1 Å². The number of carbonyl (C=O) groups excluding carboxylic acids is 1. The zero-order valence-corrected chi connectivity index (χ0v) is 21.0. The Kier molecular flexibility index (Phi) is 10.2. The molecule has 0 atom stereocenters. The van der Waals surface area contributed by atoms with Gasteiger partial charge in [-0.1, -0.05) is 6.08 Å². The standard InChI is InChI=1S/C26H34N4O3S/c1-29(15-11-21-17-22(32-2)19-23(18-21)33-3)14-5-4-12-28-25(31)8-6-7-24-9-10-26(34-24)30-16-13-27-20-30/h6-7,9-10,13,16-20H,4-5,8,11-12,14-15H2,1-3H3,(H,28,31)/b7-6+. The van der Waals surface area contributed by atoms with E-state index in [9.17, 15) is 4.79 Å². The van der Waals surface area contributed by atoms with Gasteiger partial charge in [0.05, 0.1) is 20.5 Å². The van der Waals surface area contributed by atoms with Gasteiger partial charge in [0.2, 0.25) is 5.91 Å². The largest absolute Gasteiger partial charge is 0.497 e. The number of amides is 1. The molecular weight excluding hydrogens is 448 g/mol. The van der Waals surface area contributed by atoms with Crippen LogP contribution in [0.25, 0.3) is 11.1 Å². The number of hydrogen-bond acceptors (Lipinski definition) is 6. The molecule has 0 saturated heterocycles. The second kappa shape index (κ2) is 13.6. The number of carbonyl (C=O) groups is 1. The molecule has 2 aromatic heterocycles. The van der Waals surface area contributed by atoms with Crippen LogP contribution in [0.5, 0.6) is 11.5 Å². The van der Waals surface area contributed by atoms with Crippen LogP contribution in [0.2, 0.25) is 0 Å². The maximum absolute atomic E-state index is 12.1. The lowest BCUT2D eigenvalue weighted by Gasteiger charge is -2.17. The molecule has 3 aromatic rings. The molecule has 8 heteroatoms. The molecule has 0 aliphatic rings. The fraction of sp³-hybridized carbons (Fsp3) is 0.385. The third-order valence-corrected chi connectivity index (χ3v) is 6.50. The van der Waals surface area contributed by atoms with Crippen LogP contribution in [0.1, 0.15) is 29.7 Å². The number of unbranched alkanes of at least 4 members (excludes halogenated alkanes) is 1. The van der Waals surface area contributed by atoms with E-state index in [4.69, 9.17) is 9.47 Å². The van der Waals surface area contributed by atoms with Crippen LogP contribution in [-0.4, -0.2) is 61.3 Å². The molecule has 3 rings (SSSR count). The second-order valence-electron chi connectivity index (χ2n) is 8.08. The van der Waals surface area contributed by atoms with E-state index >= 15 is 0 Å². The molecule has 1 N–H and O–H groups in total. The van der Waals surface area contributed by atoms with E-state index in [2.05, 4.69) is 46.5 Å². The molecule has 1 aromatic carbocycles. The zero-order valence-electron chi connectivity index (χ0n) is 20.2. The molecule has 0 unspecified atom stereocenters. The number of imidazole rings is 1. The van der Waals surface area contributed by atoms with Gasteiger partial charge in [0.15, 0.2) is 0 Å². The van der Waals surface area contributed by atoms with Crippen molar-refractivity contribution >= 4 is 23.3 Å². The van der Waals surface area contributed by atoms with Crippen LogP contribution in [0.3, 0.4) is 0 Å². The molecule has 7 nitrogen and oxygen atoms in total. The minimum Gasteiger partial charge on any atom is -0.497 e. The molecule has 0 saturated carbocycles. The number of nitrogens with one attached hydrogen (secondary N) is 1. The molecule has 0 radical (unpaired) electrons. The van der Waals surface area contributed by atoms with Gasteiger partial charge in [-0.3, -0.25) is 9.36 Å². The normalized spacial score (nSPS) is 11.3. The Hall–Kier alpha value is -3.10.